The molecule has 4 aromatic heterocycles. The fourth-order valence-corrected chi connectivity index (χ4v) is 4.45. The van der Waals surface area contributed by atoms with Crippen molar-refractivity contribution in [1.29, 1.82) is 0 Å². The summed E-state index contributed by atoms with van der Waals surface area (Å²) < 4.78 is 18.9. The predicted molar refractivity (Wildman–Crippen MR) is 129 cm³/mol. The molecule has 0 amide bonds. The normalized spacial score (nSPS) is 16.4. The first kappa shape index (κ1) is 22.8. The van der Waals surface area contributed by atoms with Gasteiger partial charge in [0.05, 0.1) is 36.1 Å². The van der Waals surface area contributed by atoms with Gasteiger partial charge >= 0.3 is 0 Å². The van der Waals surface area contributed by atoms with Crippen LogP contribution in [0.4, 0.5) is 5.95 Å². The Hall–Kier alpha value is -2.95. The van der Waals surface area contributed by atoms with Crippen LogP contribution in [0.25, 0.3) is 17.2 Å². The molecular formula is C24H28N6O3S. The average Bonchev–Trinajstić information content (AvgIpc) is 3.53. The zero-order valence-electron chi connectivity index (χ0n) is 19.7. The lowest BCUT2D eigenvalue weighted by atomic mass is 10.1. The molecule has 1 fully saturated rings. The molecule has 0 aromatic carbocycles. The highest BCUT2D eigenvalue weighted by atomic mass is 32.2. The van der Waals surface area contributed by atoms with Gasteiger partial charge in [-0.15, -0.1) is 0 Å². The van der Waals surface area contributed by atoms with Crippen molar-refractivity contribution < 1.29 is 13.9 Å². The van der Waals surface area contributed by atoms with Gasteiger partial charge in [-0.3, -0.25) is 0 Å². The number of nitrogens with zero attached hydrogens (tertiary/aromatic N) is 5. The van der Waals surface area contributed by atoms with Crippen LogP contribution in [0.15, 0.2) is 50.9 Å². The van der Waals surface area contributed by atoms with Crippen molar-refractivity contribution in [2.75, 3.05) is 18.5 Å². The number of nitrogens with one attached hydrogen (secondary N) is 1. The van der Waals surface area contributed by atoms with E-state index in [1.54, 1.807) is 10.7 Å². The molecule has 1 N–H and O–H groups in total. The third-order valence-electron chi connectivity index (χ3n) is 5.13. The third kappa shape index (κ3) is 5.24. The van der Waals surface area contributed by atoms with E-state index >= 15 is 0 Å². The van der Waals surface area contributed by atoms with Gasteiger partial charge in [-0.05, 0) is 58.4 Å². The van der Waals surface area contributed by atoms with Crippen LogP contribution < -0.4 is 5.32 Å². The number of ether oxygens (including phenoxy) is 2. The second kappa shape index (κ2) is 9.36. The number of furan rings is 1. The van der Waals surface area contributed by atoms with Crippen LogP contribution >= 0.6 is 11.8 Å². The topological polar surface area (TPSA) is 99.6 Å². The van der Waals surface area contributed by atoms with Gasteiger partial charge in [-0.1, -0.05) is 17.8 Å². The number of rotatable bonds is 7. The maximum absolute atomic E-state index is 5.93. The number of hydrogen-bond donors (Lipinski definition) is 1. The first-order valence-corrected chi connectivity index (χ1v) is 12.1. The monoisotopic (exact) mass is 480 g/mol. The Morgan fingerprint density at radius 2 is 2.06 bits per heavy atom. The SMILES string of the molecule is Cc1ccc(-c2nc(NC(C)(C)C)nc3c(Sc4cccc(CO[C@H]5CCOC5)n4)cnn23)o1. The molecular weight excluding hydrogens is 452 g/mol. The fourth-order valence-electron chi connectivity index (χ4n) is 3.59. The number of aromatic nitrogens is 5. The smallest absolute Gasteiger partial charge is 0.227 e. The van der Waals surface area contributed by atoms with Crippen LogP contribution in [0.5, 0.6) is 0 Å². The fraction of sp³-hybridized carbons (Fsp3) is 0.417. The average molecular weight is 481 g/mol. The maximum Gasteiger partial charge on any atom is 0.227 e. The summed E-state index contributed by atoms with van der Waals surface area (Å²) in [6.45, 7) is 9.98. The number of hydrogen-bond acceptors (Lipinski definition) is 9. The number of fused-ring (bicyclic) bond motifs is 1. The molecule has 0 radical (unpaired) electrons. The number of aryl methyl sites for hydroxylation is 1. The molecule has 10 heteroatoms. The molecule has 1 aliphatic rings. The lowest BCUT2D eigenvalue weighted by molar-refractivity contribution is 0.0299. The highest BCUT2D eigenvalue weighted by Gasteiger charge is 2.20. The second-order valence-corrected chi connectivity index (χ2v) is 10.3. The molecule has 0 aliphatic carbocycles. The minimum atomic E-state index is -0.206. The Morgan fingerprint density at radius 1 is 1.18 bits per heavy atom. The van der Waals surface area contributed by atoms with Crippen molar-refractivity contribution in [1.82, 2.24) is 24.6 Å². The van der Waals surface area contributed by atoms with E-state index in [4.69, 9.17) is 28.8 Å². The molecule has 0 unspecified atom stereocenters. The third-order valence-corrected chi connectivity index (χ3v) is 6.08. The summed E-state index contributed by atoms with van der Waals surface area (Å²) in [4.78, 5) is 15.1. The standard InChI is InChI=1S/C24H28N6O3S/c1-15-8-9-18(33-15)21-27-23(29-24(2,3)4)28-22-19(12-25-30(21)22)34-20-7-5-6-16(26-20)13-32-17-10-11-31-14-17/h5-9,12,17H,10-11,13-14H2,1-4H3,(H,28,29)/t17-/m0/s1. The Balaban J connectivity index is 1.45. The van der Waals surface area contributed by atoms with E-state index < -0.39 is 0 Å². The lowest BCUT2D eigenvalue weighted by Gasteiger charge is -2.20. The maximum atomic E-state index is 5.93. The predicted octanol–water partition coefficient (Wildman–Crippen LogP) is 4.75. The van der Waals surface area contributed by atoms with Gasteiger partial charge in [0.2, 0.25) is 11.8 Å². The molecule has 0 spiro atoms. The van der Waals surface area contributed by atoms with Crippen molar-refractivity contribution in [3.05, 3.63) is 48.0 Å². The van der Waals surface area contributed by atoms with Crippen LogP contribution in [0.1, 0.15) is 38.6 Å². The first-order chi connectivity index (χ1) is 16.3. The number of pyridine rings is 1. The first-order valence-electron chi connectivity index (χ1n) is 11.3. The summed E-state index contributed by atoms with van der Waals surface area (Å²) in [5.41, 5.74) is 1.36. The molecule has 1 atom stereocenters. The Bertz CT molecular complexity index is 1290. The second-order valence-electron chi connectivity index (χ2n) is 9.27. The van der Waals surface area contributed by atoms with Crippen molar-refractivity contribution in [2.45, 2.75) is 62.3 Å². The highest BCUT2D eigenvalue weighted by Crippen LogP contribution is 2.32. The molecule has 4 aromatic rings. The Kier molecular flexibility index (Phi) is 6.28. The van der Waals surface area contributed by atoms with Crippen molar-refractivity contribution in [3.63, 3.8) is 0 Å². The zero-order chi connectivity index (χ0) is 23.7. The van der Waals surface area contributed by atoms with Gasteiger partial charge in [0.25, 0.3) is 0 Å². The minimum Gasteiger partial charge on any atom is -0.458 e. The van der Waals surface area contributed by atoms with E-state index in [9.17, 15) is 0 Å². The highest BCUT2D eigenvalue weighted by molar-refractivity contribution is 7.99. The number of anilines is 1. The minimum absolute atomic E-state index is 0.145. The summed E-state index contributed by atoms with van der Waals surface area (Å²) in [6.07, 6.45) is 2.86. The van der Waals surface area contributed by atoms with E-state index in [1.807, 2.05) is 37.3 Å². The van der Waals surface area contributed by atoms with Gasteiger partial charge < -0.3 is 19.2 Å². The molecule has 9 nitrogen and oxygen atoms in total. The molecule has 0 bridgehead atoms. The van der Waals surface area contributed by atoms with E-state index in [-0.39, 0.29) is 11.6 Å². The van der Waals surface area contributed by atoms with Crippen LogP contribution in [0.3, 0.4) is 0 Å². The summed E-state index contributed by atoms with van der Waals surface area (Å²) in [5.74, 6) is 2.54. The lowest BCUT2D eigenvalue weighted by Crippen LogP contribution is -2.27. The molecule has 5 heterocycles. The van der Waals surface area contributed by atoms with E-state index in [2.05, 4.69) is 31.2 Å². The molecule has 178 valence electrons. The molecule has 1 saturated heterocycles. The van der Waals surface area contributed by atoms with Crippen molar-refractivity contribution in [2.24, 2.45) is 0 Å². The van der Waals surface area contributed by atoms with E-state index in [1.165, 1.54) is 11.8 Å². The van der Waals surface area contributed by atoms with Gasteiger partial charge in [0.1, 0.15) is 10.8 Å². The van der Waals surface area contributed by atoms with Gasteiger partial charge in [0.15, 0.2) is 11.4 Å². The summed E-state index contributed by atoms with van der Waals surface area (Å²) >= 11 is 1.51. The molecule has 1 aliphatic heterocycles. The van der Waals surface area contributed by atoms with Crippen molar-refractivity contribution >= 4 is 23.4 Å². The van der Waals surface area contributed by atoms with Crippen LogP contribution in [-0.2, 0) is 16.1 Å². The zero-order valence-corrected chi connectivity index (χ0v) is 20.6. The van der Waals surface area contributed by atoms with E-state index in [0.717, 1.165) is 34.4 Å². The summed E-state index contributed by atoms with van der Waals surface area (Å²) in [5, 5.41) is 8.78. The molecule has 5 rings (SSSR count). The van der Waals surface area contributed by atoms with E-state index in [0.29, 0.717) is 36.4 Å². The quantitative estimate of drug-likeness (QED) is 0.401. The van der Waals surface area contributed by atoms with Crippen molar-refractivity contribution in [3.8, 4) is 11.6 Å². The Labute approximate surface area is 202 Å². The van der Waals surface area contributed by atoms with Gasteiger partial charge in [-0.2, -0.15) is 19.6 Å². The van der Waals surface area contributed by atoms with Gasteiger partial charge in [0, 0.05) is 12.1 Å². The summed E-state index contributed by atoms with van der Waals surface area (Å²) in [7, 11) is 0. The van der Waals surface area contributed by atoms with Crippen LogP contribution in [0.2, 0.25) is 0 Å². The Morgan fingerprint density at radius 3 is 2.79 bits per heavy atom. The molecule has 0 saturated carbocycles. The van der Waals surface area contributed by atoms with Crippen LogP contribution in [0, 0.1) is 6.92 Å². The van der Waals surface area contributed by atoms with Gasteiger partial charge in [-0.25, -0.2) is 4.98 Å². The summed E-state index contributed by atoms with van der Waals surface area (Å²) in [6, 6.07) is 9.74. The van der Waals surface area contributed by atoms with Crippen LogP contribution in [-0.4, -0.2) is 49.4 Å². The largest absolute Gasteiger partial charge is 0.458 e. The molecule has 34 heavy (non-hydrogen) atoms.